The largest absolute Gasteiger partial charge is 0.324 e. The van der Waals surface area contributed by atoms with Crippen LogP contribution in [0.15, 0.2) is 42.5 Å². The lowest BCUT2D eigenvalue weighted by Gasteiger charge is -2.11. The van der Waals surface area contributed by atoms with Crippen molar-refractivity contribution in [3.8, 4) is 0 Å². The van der Waals surface area contributed by atoms with E-state index in [1.165, 1.54) is 13.0 Å². The van der Waals surface area contributed by atoms with Gasteiger partial charge in [-0.25, -0.2) is 0 Å². The Morgan fingerprint density at radius 3 is 2.25 bits per heavy atom. The van der Waals surface area contributed by atoms with E-state index in [4.69, 9.17) is 23.2 Å². The molecule has 2 aromatic rings. The van der Waals surface area contributed by atoms with Crippen LogP contribution in [0.3, 0.4) is 0 Å². The van der Waals surface area contributed by atoms with E-state index < -0.39 is 0 Å². The van der Waals surface area contributed by atoms with Gasteiger partial charge in [0.25, 0.3) is 0 Å². The lowest BCUT2D eigenvalue weighted by atomic mass is 10.0. The topological polar surface area (TPSA) is 46.2 Å². The van der Waals surface area contributed by atoms with Crippen molar-refractivity contribution >= 4 is 40.6 Å². The highest BCUT2D eigenvalue weighted by molar-refractivity contribution is 6.42. The molecule has 2 aromatic carbocycles. The van der Waals surface area contributed by atoms with Gasteiger partial charge in [-0.3, -0.25) is 9.59 Å². The molecule has 0 aliphatic heterocycles. The first kappa shape index (κ1) is 14.6. The van der Waals surface area contributed by atoms with E-state index in [0.717, 1.165) is 0 Å². The van der Waals surface area contributed by atoms with Crippen LogP contribution in [0, 0.1) is 0 Å². The van der Waals surface area contributed by atoms with E-state index >= 15 is 0 Å². The van der Waals surface area contributed by atoms with Crippen LogP contribution in [0.2, 0.25) is 10.0 Å². The fourth-order valence-electron chi connectivity index (χ4n) is 1.76. The van der Waals surface area contributed by atoms with Crippen molar-refractivity contribution < 1.29 is 9.59 Å². The monoisotopic (exact) mass is 307 g/mol. The van der Waals surface area contributed by atoms with Crippen molar-refractivity contribution in [3.05, 3.63) is 63.6 Å². The number of anilines is 1. The molecule has 1 N–H and O–H groups in total. The number of carbonyl (C=O) groups is 2. The van der Waals surface area contributed by atoms with Crippen LogP contribution in [0.25, 0.3) is 0 Å². The van der Waals surface area contributed by atoms with Crippen molar-refractivity contribution in [1.82, 2.24) is 0 Å². The smallest absolute Gasteiger partial charge is 0.221 e. The minimum absolute atomic E-state index is 0.140. The summed E-state index contributed by atoms with van der Waals surface area (Å²) < 4.78 is 0. The van der Waals surface area contributed by atoms with Gasteiger partial charge in [0.05, 0.1) is 15.7 Å². The highest BCUT2D eigenvalue weighted by Crippen LogP contribution is 2.34. The molecule has 0 bridgehead atoms. The van der Waals surface area contributed by atoms with Gasteiger partial charge < -0.3 is 5.32 Å². The number of benzene rings is 2. The zero-order chi connectivity index (χ0) is 14.7. The molecular formula is C15H11Cl2NO2. The maximum absolute atomic E-state index is 12.4. The minimum atomic E-state index is -0.307. The number of hydrogen-bond donors (Lipinski definition) is 1. The molecule has 5 heteroatoms. The van der Waals surface area contributed by atoms with Crippen LogP contribution < -0.4 is 5.32 Å². The number of carbonyl (C=O) groups excluding carboxylic acids is 2. The number of halogens is 2. The van der Waals surface area contributed by atoms with Gasteiger partial charge in [0, 0.05) is 18.1 Å². The summed E-state index contributed by atoms with van der Waals surface area (Å²) in [7, 11) is 0. The summed E-state index contributed by atoms with van der Waals surface area (Å²) in [4.78, 5) is 23.5. The molecule has 0 aromatic heterocycles. The molecule has 0 spiro atoms. The fraction of sp³-hybridized carbons (Fsp3) is 0.0667. The number of hydrogen-bond acceptors (Lipinski definition) is 2. The van der Waals surface area contributed by atoms with Gasteiger partial charge in [0.1, 0.15) is 0 Å². The van der Waals surface area contributed by atoms with E-state index in [-0.39, 0.29) is 27.4 Å². The molecule has 20 heavy (non-hydrogen) atoms. The fourth-order valence-corrected chi connectivity index (χ4v) is 2.31. The summed E-state index contributed by atoms with van der Waals surface area (Å²) >= 11 is 12.2. The normalized spacial score (nSPS) is 10.2. The molecular weight excluding hydrogens is 297 g/mol. The van der Waals surface area contributed by atoms with Crippen molar-refractivity contribution in [2.45, 2.75) is 6.92 Å². The number of nitrogens with one attached hydrogen (secondary N) is 1. The zero-order valence-electron chi connectivity index (χ0n) is 10.6. The Morgan fingerprint density at radius 2 is 1.65 bits per heavy atom. The zero-order valence-corrected chi connectivity index (χ0v) is 12.1. The standard InChI is InChI=1S/C15H11Cl2NO2/c1-9(19)18-14-12(16)8-7-11(13(14)17)15(20)10-5-3-2-4-6-10/h2-8H,1H3,(H,18,19). The summed E-state index contributed by atoms with van der Waals surface area (Å²) in [5, 5.41) is 2.96. The van der Waals surface area contributed by atoms with Crippen LogP contribution >= 0.6 is 23.2 Å². The lowest BCUT2D eigenvalue weighted by molar-refractivity contribution is -0.114. The molecule has 0 saturated heterocycles. The summed E-state index contributed by atoms with van der Waals surface area (Å²) in [5.74, 6) is -0.531. The molecule has 0 fully saturated rings. The molecule has 0 radical (unpaired) electrons. The third kappa shape index (κ3) is 3.00. The quantitative estimate of drug-likeness (QED) is 0.865. The molecule has 3 nitrogen and oxygen atoms in total. The molecule has 2 rings (SSSR count). The summed E-state index contributed by atoms with van der Waals surface area (Å²) in [6.45, 7) is 1.35. The van der Waals surface area contributed by atoms with Crippen LogP contribution in [-0.4, -0.2) is 11.7 Å². The Morgan fingerprint density at radius 1 is 1.00 bits per heavy atom. The maximum Gasteiger partial charge on any atom is 0.221 e. The lowest BCUT2D eigenvalue weighted by Crippen LogP contribution is -2.09. The van der Waals surface area contributed by atoms with Crippen molar-refractivity contribution in [2.75, 3.05) is 5.32 Å². The molecule has 102 valence electrons. The highest BCUT2D eigenvalue weighted by Gasteiger charge is 2.18. The first-order chi connectivity index (χ1) is 9.50. The second kappa shape index (κ2) is 6.07. The van der Waals surface area contributed by atoms with Gasteiger partial charge in [-0.15, -0.1) is 0 Å². The predicted octanol–water partition coefficient (Wildman–Crippen LogP) is 4.18. The third-order valence-electron chi connectivity index (χ3n) is 2.67. The Labute approximate surface area is 126 Å². The van der Waals surface area contributed by atoms with E-state index in [1.54, 1.807) is 30.3 Å². The molecule has 0 heterocycles. The van der Waals surface area contributed by atoms with Crippen LogP contribution in [0.5, 0.6) is 0 Å². The number of rotatable bonds is 3. The molecule has 1 amide bonds. The number of amides is 1. The van der Waals surface area contributed by atoms with Crippen molar-refractivity contribution in [2.24, 2.45) is 0 Å². The van der Waals surface area contributed by atoms with Gasteiger partial charge in [-0.2, -0.15) is 0 Å². The van der Waals surface area contributed by atoms with Crippen LogP contribution in [0.4, 0.5) is 5.69 Å². The summed E-state index contributed by atoms with van der Waals surface area (Å²) in [6, 6.07) is 11.8. The van der Waals surface area contributed by atoms with E-state index in [1.807, 2.05) is 6.07 Å². The molecule has 0 aliphatic rings. The molecule has 0 unspecified atom stereocenters. The first-order valence-corrected chi connectivity index (χ1v) is 6.61. The second-order valence-corrected chi connectivity index (χ2v) is 4.95. The van der Waals surface area contributed by atoms with Gasteiger partial charge in [0.15, 0.2) is 5.78 Å². The minimum Gasteiger partial charge on any atom is -0.324 e. The molecule has 0 saturated carbocycles. The second-order valence-electron chi connectivity index (χ2n) is 4.16. The highest BCUT2D eigenvalue weighted by atomic mass is 35.5. The molecule has 0 aliphatic carbocycles. The van der Waals surface area contributed by atoms with E-state index in [9.17, 15) is 9.59 Å². The summed E-state index contributed by atoms with van der Waals surface area (Å²) in [6.07, 6.45) is 0. The third-order valence-corrected chi connectivity index (χ3v) is 3.38. The Kier molecular flexibility index (Phi) is 4.42. The Balaban J connectivity index is 2.48. The van der Waals surface area contributed by atoms with E-state index in [0.29, 0.717) is 11.1 Å². The molecule has 0 atom stereocenters. The average Bonchev–Trinajstić information content (AvgIpc) is 2.43. The van der Waals surface area contributed by atoms with Crippen molar-refractivity contribution in [1.29, 1.82) is 0 Å². The van der Waals surface area contributed by atoms with Crippen LogP contribution in [-0.2, 0) is 4.79 Å². The Hall–Kier alpha value is -1.84. The van der Waals surface area contributed by atoms with Gasteiger partial charge in [-0.05, 0) is 12.1 Å². The summed E-state index contributed by atoms with van der Waals surface area (Å²) in [5.41, 5.74) is 1.07. The maximum atomic E-state index is 12.4. The van der Waals surface area contributed by atoms with E-state index in [2.05, 4.69) is 5.32 Å². The predicted molar refractivity (Wildman–Crippen MR) is 80.6 cm³/mol. The van der Waals surface area contributed by atoms with Crippen molar-refractivity contribution in [3.63, 3.8) is 0 Å². The SMILES string of the molecule is CC(=O)Nc1c(Cl)ccc(C(=O)c2ccccc2)c1Cl. The van der Waals surface area contributed by atoms with Crippen LogP contribution in [0.1, 0.15) is 22.8 Å². The Bertz CT molecular complexity index is 669. The van der Waals surface area contributed by atoms with Gasteiger partial charge in [-0.1, -0.05) is 53.5 Å². The number of ketones is 1. The van der Waals surface area contributed by atoms with Gasteiger partial charge in [0.2, 0.25) is 5.91 Å². The van der Waals surface area contributed by atoms with Gasteiger partial charge >= 0.3 is 0 Å². The first-order valence-electron chi connectivity index (χ1n) is 5.86. The average molecular weight is 308 g/mol.